The molecule has 2 aromatic heterocycles. The van der Waals surface area contributed by atoms with Crippen LogP contribution in [0.2, 0.25) is 5.02 Å². The standard InChI is InChI=1S/C34H36ClFN6O2/c1-22-15-42(16-23(2)39-22)19-29(43)18-41-11-10-26(17-41)25-6-8-32-30(13-25)34(38-21-37-32)40-28-7-9-33(31(35)14-28)44-20-24-4-3-5-27(36)12-24/h3-14,17,21-23,29,39,43H,15-16,18-20H2,1-2H3,(H,37,38,40)/t22-,23?,29?/m1/s1. The molecule has 1 aliphatic rings. The number of hydrogen-bond donors (Lipinski definition) is 3. The molecule has 0 radical (unpaired) electrons. The lowest BCUT2D eigenvalue weighted by atomic mass is 10.1. The monoisotopic (exact) mass is 614 g/mol. The lowest BCUT2D eigenvalue weighted by molar-refractivity contribution is 0.0744. The van der Waals surface area contributed by atoms with E-state index in [1.54, 1.807) is 24.3 Å². The van der Waals surface area contributed by atoms with Crippen LogP contribution in [-0.2, 0) is 13.2 Å². The molecule has 0 saturated carbocycles. The first-order valence-electron chi connectivity index (χ1n) is 14.8. The van der Waals surface area contributed by atoms with Crippen molar-refractivity contribution >= 4 is 34.0 Å². The van der Waals surface area contributed by atoms with Crippen molar-refractivity contribution in [2.45, 2.75) is 45.2 Å². The van der Waals surface area contributed by atoms with Crippen LogP contribution in [0.5, 0.6) is 5.75 Å². The molecule has 0 bridgehead atoms. The molecule has 10 heteroatoms. The van der Waals surface area contributed by atoms with Gasteiger partial charge >= 0.3 is 0 Å². The van der Waals surface area contributed by atoms with Crippen LogP contribution in [0.1, 0.15) is 19.4 Å². The zero-order chi connectivity index (χ0) is 30.6. The van der Waals surface area contributed by atoms with Gasteiger partial charge in [0.25, 0.3) is 0 Å². The maximum atomic E-state index is 13.5. The molecule has 3 atom stereocenters. The maximum Gasteiger partial charge on any atom is 0.141 e. The van der Waals surface area contributed by atoms with Crippen molar-refractivity contribution in [3.63, 3.8) is 0 Å². The van der Waals surface area contributed by atoms with Gasteiger partial charge < -0.3 is 25.0 Å². The Labute approximate surface area is 261 Å². The maximum absolute atomic E-state index is 13.5. The van der Waals surface area contributed by atoms with Crippen molar-refractivity contribution in [2.24, 2.45) is 0 Å². The normalized spacial score (nSPS) is 17.9. The fourth-order valence-corrected chi connectivity index (χ4v) is 6.10. The molecule has 3 heterocycles. The van der Waals surface area contributed by atoms with Gasteiger partial charge in [0.15, 0.2) is 0 Å². The number of β-amino-alcohol motifs (C(OH)–C–C–N with tert-alkyl or cyclic N) is 1. The number of halogens is 2. The van der Waals surface area contributed by atoms with Crippen LogP contribution in [0.15, 0.2) is 85.5 Å². The molecule has 3 N–H and O–H groups in total. The van der Waals surface area contributed by atoms with E-state index in [-0.39, 0.29) is 12.4 Å². The number of nitrogens with zero attached hydrogens (tertiary/aromatic N) is 4. The fraction of sp³-hybridized carbons (Fsp3) is 0.294. The predicted octanol–water partition coefficient (Wildman–Crippen LogP) is 6.26. The van der Waals surface area contributed by atoms with E-state index in [0.29, 0.717) is 41.8 Å². The number of benzene rings is 3. The van der Waals surface area contributed by atoms with Gasteiger partial charge in [-0.15, -0.1) is 0 Å². The number of hydrogen-bond acceptors (Lipinski definition) is 7. The van der Waals surface area contributed by atoms with Crippen LogP contribution >= 0.6 is 11.6 Å². The smallest absolute Gasteiger partial charge is 0.141 e. The van der Waals surface area contributed by atoms with Crippen LogP contribution in [0.25, 0.3) is 22.0 Å². The summed E-state index contributed by atoms with van der Waals surface area (Å²) in [7, 11) is 0. The fourth-order valence-electron chi connectivity index (χ4n) is 5.87. The lowest BCUT2D eigenvalue weighted by Crippen LogP contribution is -2.55. The summed E-state index contributed by atoms with van der Waals surface area (Å²) in [6.45, 7) is 7.63. The number of anilines is 2. The Morgan fingerprint density at radius 3 is 2.66 bits per heavy atom. The summed E-state index contributed by atoms with van der Waals surface area (Å²) in [5, 5.41) is 19.0. The van der Waals surface area contributed by atoms with Crippen molar-refractivity contribution in [3.8, 4) is 16.9 Å². The summed E-state index contributed by atoms with van der Waals surface area (Å²) >= 11 is 6.52. The Bertz CT molecular complexity index is 1740. The first-order chi connectivity index (χ1) is 21.3. The van der Waals surface area contributed by atoms with Crippen molar-refractivity contribution < 1.29 is 14.2 Å². The van der Waals surface area contributed by atoms with E-state index in [1.807, 2.05) is 29.0 Å². The molecule has 228 valence electrons. The molecule has 2 unspecified atom stereocenters. The first-order valence-corrected chi connectivity index (χ1v) is 15.2. The minimum Gasteiger partial charge on any atom is -0.487 e. The summed E-state index contributed by atoms with van der Waals surface area (Å²) in [5.41, 5.74) is 4.33. The van der Waals surface area contributed by atoms with Crippen LogP contribution < -0.4 is 15.4 Å². The van der Waals surface area contributed by atoms with Gasteiger partial charge in [0.05, 0.1) is 16.6 Å². The third-order valence-electron chi connectivity index (χ3n) is 7.72. The van der Waals surface area contributed by atoms with E-state index in [1.165, 1.54) is 18.5 Å². The summed E-state index contributed by atoms with van der Waals surface area (Å²) in [6, 6.07) is 20.7. The Morgan fingerprint density at radius 1 is 1.02 bits per heavy atom. The van der Waals surface area contributed by atoms with Crippen molar-refractivity contribution in [3.05, 3.63) is 102 Å². The minimum atomic E-state index is -0.460. The van der Waals surface area contributed by atoms with Crippen molar-refractivity contribution in [1.29, 1.82) is 0 Å². The summed E-state index contributed by atoms with van der Waals surface area (Å²) in [5.74, 6) is 0.845. The second-order valence-electron chi connectivity index (χ2n) is 11.6. The Hall–Kier alpha value is -4.02. The lowest BCUT2D eigenvalue weighted by Gasteiger charge is -2.37. The second-order valence-corrected chi connectivity index (χ2v) is 12.0. The van der Waals surface area contributed by atoms with Crippen LogP contribution in [0.3, 0.4) is 0 Å². The molecule has 44 heavy (non-hydrogen) atoms. The van der Waals surface area contributed by atoms with Gasteiger partial charge in [0.2, 0.25) is 0 Å². The highest BCUT2D eigenvalue weighted by atomic mass is 35.5. The average molecular weight is 615 g/mol. The molecule has 1 aliphatic heterocycles. The number of aliphatic hydroxyl groups excluding tert-OH is 1. The van der Waals surface area contributed by atoms with Gasteiger partial charge in [0, 0.05) is 61.7 Å². The molecule has 0 spiro atoms. The molecule has 5 aromatic rings. The quantitative estimate of drug-likeness (QED) is 0.171. The number of ether oxygens (including phenoxy) is 1. The van der Waals surface area contributed by atoms with E-state index in [0.717, 1.165) is 46.4 Å². The zero-order valence-corrected chi connectivity index (χ0v) is 25.5. The van der Waals surface area contributed by atoms with Crippen LogP contribution in [-0.4, -0.2) is 62.4 Å². The number of piperazine rings is 1. The van der Waals surface area contributed by atoms with Crippen molar-refractivity contribution in [1.82, 2.24) is 24.8 Å². The first kappa shape index (κ1) is 30.0. The summed E-state index contributed by atoms with van der Waals surface area (Å²) in [4.78, 5) is 11.3. The van der Waals surface area contributed by atoms with Gasteiger partial charge in [-0.3, -0.25) is 4.90 Å². The molecular formula is C34H36ClFN6O2. The zero-order valence-electron chi connectivity index (χ0n) is 24.8. The van der Waals surface area contributed by atoms with Gasteiger partial charge in [0.1, 0.15) is 30.3 Å². The van der Waals surface area contributed by atoms with E-state index in [2.05, 4.69) is 57.7 Å². The highest BCUT2D eigenvalue weighted by Crippen LogP contribution is 2.32. The predicted molar refractivity (Wildman–Crippen MR) is 173 cm³/mol. The van der Waals surface area contributed by atoms with Gasteiger partial charge in [-0.05, 0) is 79.1 Å². The van der Waals surface area contributed by atoms with Crippen LogP contribution in [0, 0.1) is 5.82 Å². The minimum absolute atomic E-state index is 0.207. The Morgan fingerprint density at radius 2 is 1.86 bits per heavy atom. The summed E-state index contributed by atoms with van der Waals surface area (Å²) in [6.07, 6.45) is 5.14. The van der Waals surface area contributed by atoms with E-state index in [9.17, 15) is 9.50 Å². The number of fused-ring (bicyclic) bond motifs is 1. The molecular weight excluding hydrogens is 579 g/mol. The largest absolute Gasteiger partial charge is 0.487 e. The van der Waals surface area contributed by atoms with E-state index >= 15 is 0 Å². The van der Waals surface area contributed by atoms with E-state index < -0.39 is 6.10 Å². The topological polar surface area (TPSA) is 87.5 Å². The number of nitrogens with one attached hydrogen (secondary N) is 2. The number of aliphatic hydroxyl groups is 1. The third-order valence-corrected chi connectivity index (χ3v) is 8.02. The van der Waals surface area contributed by atoms with Crippen molar-refractivity contribution in [2.75, 3.05) is 25.0 Å². The molecule has 3 aromatic carbocycles. The Kier molecular flexibility index (Phi) is 9.09. The molecule has 0 amide bonds. The van der Waals surface area contributed by atoms with Gasteiger partial charge in [-0.1, -0.05) is 29.8 Å². The molecule has 1 fully saturated rings. The molecule has 0 aliphatic carbocycles. The van der Waals surface area contributed by atoms with Crippen LogP contribution in [0.4, 0.5) is 15.9 Å². The second kappa shape index (κ2) is 13.3. The van der Waals surface area contributed by atoms with Gasteiger partial charge in [-0.2, -0.15) is 0 Å². The average Bonchev–Trinajstić information content (AvgIpc) is 3.44. The molecule has 1 saturated heterocycles. The SMILES string of the molecule is CC1CN(CC(O)Cn2ccc(-c3ccc4ncnc(Nc5ccc(OCc6cccc(F)c6)c(Cl)c5)c4c3)c2)C[C@@H](C)N1. The third kappa shape index (κ3) is 7.36. The highest BCUT2D eigenvalue weighted by molar-refractivity contribution is 6.32. The highest BCUT2D eigenvalue weighted by Gasteiger charge is 2.23. The Balaban J connectivity index is 1.13. The molecule has 8 nitrogen and oxygen atoms in total. The molecule has 6 rings (SSSR count). The number of aromatic nitrogens is 3. The summed E-state index contributed by atoms with van der Waals surface area (Å²) < 4.78 is 21.3. The van der Waals surface area contributed by atoms with Gasteiger partial charge in [-0.25, -0.2) is 14.4 Å². The van der Waals surface area contributed by atoms with E-state index in [4.69, 9.17) is 16.3 Å². The number of rotatable bonds is 10.